The summed E-state index contributed by atoms with van der Waals surface area (Å²) in [5.74, 6) is 0.434. The lowest BCUT2D eigenvalue weighted by Crippen LogP contribution is -2.50. The predicted octanol–water partition coefficient (Wildman–Crippen LogP) is 2.69. The summed E-state index contributed by atoms with van der Waals surface area (Å²) in [6.45, 7) is 5.10. The van der Waals surface area contributed by atoms with Crippen LogP contribution in [0.2, 0.25) is 0 Å². The lowest BCUT2D eigenvalue weighted by atomic mass is 9.94. The maximum atomic E-state index is 13.7. The molecule has 2 N–H and O–H groups in total. The summed E-state index contributed by atoms with van der Waals surface area (Å²) in [7, 11) is 1.73. The van der Waals surface area contributed by atoms with E-state index in [0.717, 1.165) is 19.4 Å². The van der Waals surface area contributed by atoms with Crippen LogP contribution in [0.4, 0.5) is 4.39 Å². The van der Waals surface area contributed by atoms with E-state index in [1.165, 1.54) is 6.07 Å². The Morgan fingerprint density at radius 3 is 2.62 bits per heavy atom. The third kappa shape index (κ3) is 6.18. The molecule has 0 spiro atoms. The first-order valence-corrected chi connectivity index (χ1v) is 8.07. The lowest BCUT2D eigenvalue weighted by molar-refractivity contribution is -0.0855. The Morgan fingerprint density at radius 2 is 2.00 bits per heavy atom. The number of halogens is 2. The number of hydrogen-bond donors (Lipinski definition) is 2. The summed E-state index contributed by atoms with van der Waals surface area (Å²) >= 11 is 0. The maximum absolute atomic E-state index is 13.7. The third-order valence-corrected chi connectivity index (χ3v) is 4.12. The van der Waals surface area contributed by atoms with Gasteiger partial charge < -0.3 is 20.1 Å². The molecule has 0 unspecified atom stereocenters. The van der Waals surface area contributed by atoms with Crippen LogP contribution in [-0.4, -0.2) is 45.0 Å². The molecule has 0 aliphatic carbocycles. The van der Waals surface area contributed by atoms with Crippen LogP contribution in [0.5, 0.6) is 0 Å². The van der Waals surface area contributed by atoms with E-state index in [9.17, 15) is 4.39 Å². The lowest BCUT2D eigenvalue weighted by Gasteiger charge is -2.36. The summed E-state index contributed by atoms with van der Waals surface area (Å²) in [5, 5.41) is 6.49. The Morgan fingerprint density at radius 1 is 1.29 bits per heavy atom. The fraction of sp³-hybridized carbons (Fsp3) is 0.588. The largest absolute Gasteiger partial charge is 0.381 e. The van der Waals surface area contributed by atoms with E-state index in [0.29, 0.717) is 37.8 Å². The van der Waals surface area contributed by atoms with Gasteiger partial charge in [-0.2, -0.15) is 0 Å². The highest BCUT2D eigenvalue weighted by Gasteiger charge is 2.32. The van der Waals surface area contributed by atoms with Crippen LogP contribution in [0.3, 0.4) is 0 Å². The average molecular weight is 451 g/mol. The SMILES string of the molecule is CCNC(=NCc1ccccc1F)NCC1(OC)CCOCC1.I. The molecule has 0 saturated carbocycles. The van der Waals surface area contributed by atoms with Crippen molar-refractivity contribution in [2.45, 2.75) is 31.9 Å². The summed E-state index contributed by atoms with van der Waals surface area (Å²) in [6.07, 6.45) is 1.70. The van der Waals surface area contributed by atoms with E-state index in [2.05, 4.69) is 15.6 Å². The van der Waals surface area contributed by atoms with Gasteiger partial charge in [0, 0.05) is 51.8 Å². The predicted molar refractivity (Wildman–Crippen MR) is 104 cm³/mol. The first-order chi connectivity index (χ1) is 11.2. The molecule has 0 amide bonds. The molecule has 1 aliphatic heterocycles. The molecule has 1 aromatic carbocycles. The molecule has 136 valence electrons. The van der Waals surface area contributed by atoms with Crippen molar-refractivity contribution in [3.8, 4) is 0 Å². The number of methoxy groups -OCH3 is 1. The molecule has 1 aromatic rings. The van der Waals surface area contributed by atoms with Gasteiger partial charge in [0.05, 0.1) is 12.1 Å². The minimum Gasteiger partial charge on any atom is -0.381 e. The minimum absolute atomic E-state index is 0. The zero-order valence-electron chi connectivity index (χ0n) is 14.3. The average Bonchev–Trinajstić information content (AvgIpc) is 2.59. The molecule has 0 bridgehead atoms. The van der Waals surface area contributed by atoms with Gasteiger partial charge >= 0.3 is 0 Å². The van der Waals surface area contributed by atoms with Crippen LogP contribution < -0.4 is 10.6 Å². The quantitative estimate of drug-likeness (QED) is 0.397. The van der Waals surface area contributed by atoms with E-state index in [1.807, 2.05) is 13.0 Å². The zero-order chi connectivity index (χ0) is 16.5. The van der Waals surface area contributed by atoms with Crippen molar-refractivity contribution in [3.05, 3.63) is 35.6 Å². The van der Waals surface area contributed by atoms with Crippen molar-refractivity contribution in [1.29, 1.82) is 0 Å². The monoisotopic (exact) mass is 451 g/mol. The number of guanidine groups is 1. The second-order valence-corrected chi connectivity index (χ2v) is 5.64. The summed E-state index contributed by atoms with van der Waals surface area (Å²) in [6, 6.07) is 6.69. The number of aliphatic imine (C=N–C) groups is 1. The Balaban J connectivity index is 0.00000288. The molecular weight excluding hydrogens is 424 g/mol. The molecule has 2 rings (SSSR count). The number of nitrogens with one attached hydrogen (secondary N) is 2. The number of ether oxygens (including phenoxy) is 2. The number of hydrogen-bond acceptors (Lipinski definition) is 3. The molecule has 24 heavy (non-hydrogen) atoms. The molecule has 5 nitrogen and oxygen atoms in total. The van der Waals surface area contributed by atoms with Gasteiger partial charge in [-0.1, -0.05) is 18.2 Å². The summed E-state index contributed by atoms with van der Waals surface area (Å²) in [4.78, 5) is 4.46. The normalized spacial score (nSPS) is 17.0. The van der Waals surface area contributed by atoms with Crippen molar-refractivity contribution in [2.75, 3.05) is 33.4 Å². The first-order valence-electron chi connectivity index (χ1n) is 8.07. The van der Waals surface area contributed by atoms with Crippen molar-refractivity contribution in [1.82, 2.24) is 10.6 Å². The number of rotatable bonds is 6. The fourth-order valence-corrected chi connectivity index (χ4v) is 2.57. The van der Waals surface area contributed by atoms with Gasteiger partial charge in [-0.3, -0.25) is 0 Å². The molecule has 0 radical (unpaired) electrons. The molecule has 0 atom stereocenters. The number of benzene rings is 1. The van der Waals surface area contributed by atoms with E-state index < -0.39 is 0 Å². The van der Waals surface area contributed by atoms with Crippen LogP contribution in [0.25, 0.3) is 0 Å². The zero-order valence-corrected chi connectivity index (χ0v) is 16.6. The summed E-state index contributed by atoms with van der Waals surface area (Å²) in [5.41, 5.74) is 0.351. The van der Waals surface area contributed by atoms with Gasteiger partial charge in [-0.25, -0.2) is 9.38 Å². The van der Waals surface area contributed by atoms with Crippen molar-refractivity contribution < 1.29 is 13.9 Å². The Labute approximate surface area is 160 Å². The van der Waals surface area contributed by atoms with Crippen LogP contribution in [0, 0.1) is 5.82 Å². The smallest absolute Gasteiger partial charge is 0.191 e. The van der Waals surface area contributed by atoms with E-state index in [-0.39, 0.29) is 35.4 Å². The Bertz CT molecular complexity index is 522. The second kappa shape index (κ2) is 10.8. The van der Waals surface area contributed by atoms with Gasteiger partial charge in [-0.05, 0) is 13.0 Å². The molecule has 1 heterocycles. The molecule has 1 saturated heterocycles. The van der Waals surface area contributed by atoms with Crippen LogP contribution >= 0.6 is 24.0 Å². The molecular formula is C17H27FIN3O2. The fourth-order valence-electron chi connectivity index (χ4n) is 2.57. The van der Waals surface area contributed by atoms with Gasteiger partial charge in [-0.15, -0.1) is 24.0 Å². The molecule has 1 aliphatic rings. The Kier molecular flexibility index (Phi) is 9.53. The van der Waals surface area contributed by atoms with E-state index >= 15 is 0 Å². The molecule has 0 aromatic heterocycles. The van der Waals surface area contributed by atoms with Gasteiger partial charge in [0.2, 0.25) is 0 Å². The maximum Gasteiger partial charge on any atom is 0.191 e. The van der Waals surface area contributed by atoms with Gasteiger partial charge in [0.25, 0.3) is 0 Å². The summed E-state index contributed by atoms with van der Waals surface area (Å²) < 4.78 is 24.8. The molecule has 7 heteroatoms. The van der Waals surface area contributed by atoms with E-state index in [4.69, 9.17) is 9.47 Å². The second-order valence-electron chi connectivity index (χ2n) is 5.64. The van der Waals surface area contributed by atoms with Crippen molar-refractivity contribution in [3.63, 3.8) is 0 Å². The standard InChI is InChI=1S/C17H26FN3O2.HI/c1-3-19-16(20-12-14-6-4-5-7-15(14)18)21-13-17(22-2)8-10-23-11-9-17;/h4-7H,3,8-13H2,1-2H3,(H2,19,20,21);1H. The van der Waals surface area contributed by atoms with E-state index in [1.54, 1.807) is 19.2 Å². The molecule has 1 fully saturated rings. The van der Waals surface area contributed by atoms with Crippen LogP contribution in [-0.2, 0) is 16.0 Å². The van der Waals surface area contributed by atoms with Crippen molar-refractivity contribution in [2.24, 2.45) is 4.99 Å². The van der Waals surface area contributed by atoms with Crippen molar-refractivity contribution >= 4 is 29.9 Å². The number of nitrogens with zero attached hydrogens (tertiary/aromatic N) is 1. The minimum atomic E-state index is -0.232. The highest BCUT2D eigenvalue weighted by atomic mass is 127. The van der Waals surface area contributed by atoms with Gasteiger partial charge in [0.15, 0.2) is 5.96 Å². The van der Waals surface area contributed by atoms with Crippen LogP contribution in [0.1, 0.15) is 25.3 Å². The topological polar surface area (TPSA) is 54.9 Å². The highest BCUT2D eigenvalue weighted by molar-refractivity contribution is 14.0. The third-order valence-electron chi connectivity index (χ3n) is 4.12. The van der Waals surface area contributed by atoms with Gasteiger partial charge in [0.1, 0.15) is 5.82 Å². The van der Waals surface area contributed by atoms with Crippen LogP contribution in [0.15, 0.2) is 29.3 Å². The first kappa shape index (κ1) is 21.1. The highest BCUT2D eigenvalue weighted by Crippen LogP contribution is 2.23. The Hall–Kier alpha value is -0.930.